The first kappa shape index (κ1) is 12.9. The summed E-state index contributed by atoms with van der Waals surface area (Å²) < 4.78 is 5.71. The smallest absolute Gasteiger partial charge is 0.138 e. The second-order valence-corrected chi connectivity index (χ2v) is 4.74. The molecule has 0 aliphatic rings. The number of hydrogen-bond acceptors (Lipinski definition) is 3. The van der Waals surface area contributed by atoms with Crippen molar-refractivity contribution in [2.45, 2.75) is 33.3 Å². The van der Waals surface area contributed by atoms with Gasteiger partial charge in [-0.1, -0.05) is 26.1 Å². The van der Waals surface area contributed by atoms with Gasteiger partial charge >= 0.3 is 0 Å². The van der Waals surface area contributed by atoms with E-state index in [4.69, 9.17) is 22.7 Å². The van der Waals surface area contributed by atoms with E-state index in [1.54, 1.807) is 12.3 Å². The van der Waals surface area contributed by atoms with Crippen LogP contribution in [0.3, 0.4) is 0 Å². The van der Waals surface area contributed by atoms with Gasteiger partial charge in [0.05, 0.1) is 18.0 Å². The van der Waals surface area contributed by atoms with Gasteiger partial charge in [-0.3, -0.25) is 0 Å². The van der Waals surface area contributed by atoms with Crippen LogP contribution in [-0.4, -0.2) is 16.1 Å². The second-order valence-electron chi connectivity index (χ2n) is 4.30. The lowest BCUT2D eigenvalue weighted by Crippen LogP contribution is -2.15. The van der Waals surface area contributed by atoms with Crippen LogP contribution in [0.5, 0.6) is 5.75 Å². The highest BCUT2D eigenvalue weighted by molar-refractivity contribution is 7.80. The lowest BCUT2D eigenvalue weighted by Gasteiger charge is -2.16. The zero-order valence-electron chi connectivity index (χ0n) is 9.93. The molecule has 0 saturated carbocycles. The van der Waals surface area contributed by atoms with E-state index in [9.17, 15) is 0 Å². The first-order chi connectivity index (χ1) is 7.49. The molecule has 1 aromatic rings. The zero-order chi connectivity index (χ0) is 12.1. The highest BCUT2D eigenvalue weighted by Gasteiger charge is 2.07. The van der Waals surface area contributed by atoms with Crippen molar-refractivity contribution < 1.29 is 4.74 Å². The van der Waals surface area contributed by atoms with Gasteiger partial charge in [-0.05, 0) is 31.4 Å². The largest absolute Gasteiger partial charge is 0.489 e. The quantitative estimate of drug-likeness (QED) is 0.801. The third-order valence-electron chi connectivity index (χ3n) is 2.13. The summed E-state index contributed by atoms with van der Waals surface area (Å²) in [5, 5.41) is 0. The summed E-state index contributed by atoms with van der Waals surface area (Å²) in [7, 11) is 0. The van der Waals surface area contributed by atoms with Crippen LogP contribution in [-0.2, 0) is 0 Å². The molecule has 0 aliphatic carbocycles. The second kappa shape index (κ2) is 5.80. The van der Waals surface area contributed by atoms with Crippen molar-refractivity contribution >= 4 is 17.2 Å². The first-order valence-electron chi connectivity index (χ1n) is 5.41. The van der Waals surface area contributed by atoms with Crippen molar-refractivity contribution in [2.75, 3.05) is 0 Å². The summed E-state index contributed by atoms with van der Waals surface area (Å²) in [6.07, 6.45) is 2.88. The van der Waals surface area contributed by atoms with Crippen LogP contribution in [0, 0.1) is 5.92 Å². The Morgan fingerprint density at radius 3 is 2.56 bits per heavy atom. The van der Waals surface area contributed by atoms with Crippen LogP contribution in [0.15, 0.2) is 18.3 Å². The van der Waals surface area contributed by atoms with Crippen molar-refractivity contribution in [1.82, 2.24) is 4.98 Å². The molecular weight excluding hydrogens is 220 g/mol. The molecule has 1 rings (SSSR count). The molecule has 0 bridgehead atoms. The van der Waals surface area contributed by atoms with E-state index in [1.165, 1.54) is 0 Å². The minimum Gasteiger partial charge on any atom is -0.489 e. The van der Waals surface area contributed by atoms with Crippen molar-refractivity contribution in [3.63, 3.8) is 0 Å². The predicted molar refractivity (Wildman–Crippen MR) is 69.7 cm³/mol. The summed E-state index contributed by atoms with van der Waals surface area (Å²) in [6, 6.07) is 3.62. The Balaban J connectivity index is 2.58. The summed E-state index contributed by atoms with van der Waals surface area (Å²) >= 11 is 4.82. The van der Waals surface area contributed by atoms with E-state index in [0.29, 0.717) is 16.6 Å². The molecule has 0 saturated heterocycles. The minimum absolute atomic E-state index is 0.192. The SMILES string of the molecule is CC(C)CC(C)Oc1ccc(C(N)=S)nc1. The minimum atomic E-state index is 0.192. The fourth-order valence-electron chi connectivity index (χ4n) is 1.54. The van der Waals surface area contributed by atoms with Gasteiger partial charge < -0.3 is 10.5 Å². The van der Waals surface area contributed by atoms with E-state index in [2.05, 4.69) is 25.8 Å². The Kier molecular flexibility index (Phi) is 4.68. The van der Waals surface area contributed by atoms with Gasteiger partial charge in [-0.15, -0.1) is 0 Å². The monoisotopic (exact) mass is 238 g/mol. The van der Waals surface area contributed by atoms with Crippen LogP contribution in [0.4, 0.5) is 0 Å². The molecule has 0 amide bonds. The Bertz CT molecular complexity index is 349. The maximum atomic E-state index is 5.71. The predicted octanol–water partition coefficient (Wildman–Crippen LogP) is 2.53. The van der Waals surface area contributed by atoms with Crippen molar-refractivity contribution in [2.24, 2.45) is 11.7 Å². The molecule has 16 heavy (non-hydrogen) atoms. The molecule has 3 nitrogen and oxygen atoms in total. The molecule has 1 atom stereocenters. The number of rotatable bonds is 5. The average molecular weight is 238 g/mol. The molecule has 1 aromatic heterocycles. The van der Waals surface area contributed by atoms with E-state index in [0.717, 1.165) is 12.2 Å². The Morgan fingerprint density at radius 2 is 2.12 bits per heavy atom. The summed E-state index contributed by atoms with van der Waals surface area (Å²) in [6.45, 7) is 6.41. The van der Waals surface area contributed by atoms with Crippen molar-refractivity contribution in [3.8, 4) is 5.75 Å². The standard InChI is InChI=1S/C12H18N2OS/c1-8(2)6-9(3)15-10-4-5-11(12(13)16)14-7-10/h4-5,7-9H,6H2,1-3H3,(H2,13,16). The fourth-order valence-corrected chi connectivity index (χ4v) is 1.66. The van der Waals surface area contributed by atoms with Gasteiger partial charge in [-0.25, -0.2) is 4.98 Å². The first-order valence-corrected chi connectivity index (χ1v) is 5.82. The number of nitrogens with two attached hydrogens (primary N) is 1. The molecule has 1 heterocycles. The highest BCUT2D eigenvalue weighted by atomic mass is 32.1. The van der Waals surface area contributed by atoms with E-state index < -0.39 is 0 Å². The molecule has 0 spiro atoms. The van der Waals surface area contributed by atoms with Gasteiger partial charge in [-0.2, -0.15) is 0 Å². The number of nitrogens with zero attached hydrogens (tertiary/aromatic N) is 1. The number of pyridine rings is 1. The molecular formula is C12H18N2OS. The van der Waals surface area contributed by atoms with Gasteiger partial charge in [0.2, 0.25) is 0 Å². The molecule has 88 valence electrons. The van der Waals surface area contributed by atoms with Crippen molar-refractivity contribution in [3.05, 3.63) is 24.0 Å². The van der Waals surface area contributed by atoms with E-state index in [-0.39, 0.29) is 6.10 Å². The van der Waals surface area contributed by atoms with E-state index >= 15 is 0 Å². The molecule has 0 radical (unpaired) electrons. The van der Waals surface area contributed by atoms with Gasteiger partial charge in [0, 0.05) is 0 Å². The van der Waals surface area contributed by atoms with Crippen molar-refractivity contribution in [1.29, 1.82) is 0 Å². The van der Waals surface area contributed by atoms with Crippen LogP contribution < -0.4 is 10.5 Å². The third-order valence-corrected chi connectivity index (χ3v) is 2.34. The number of aromatic nitrogens is 1. The molecule has 1 unspecified atom stereocenters. The normalized spacial score (nSPS) is 12.5. The maximum absolute atomic E-state index is 5.71. The molecule has 0 aliphatic heterocycles. The average Bonchev–Trinajstić information content (AvgIpc) is 2.16. The Hall–Kier alpha value is -1.16. The van der Waals surface area contributed by atoms with Crippen LogP contribution in [0.2, 0.25) is 0 Å². The van der Waals surface area contributed by atoms with Crippen LogP contribution in [0.1, 0.15) is 32.9 Å². The maximum Gasteiger partial charge on any atom is 0.138 e. The number of hydrogen-bond donors (Lipinski definition) is 1. The number of ether oxygens (including phenoxy) is 1. The Morgan fingerprint density at radius 1 is 1.44 bits per heavy atom. The summed E-state index contributed by atoms with van der Waals surface area (Å²) in [5.74, 6) is 1.38. The third kappa shape index (κ3) is 4.14. The summed E-state index contributed by atoms with van der Waals surface area (Å²) in [5.41, 5.74) is 6.08. The zero-order valence-corrected chi connectivity index (χ0v) is 10.8. The lowest BCUT2D eigenvalue weighted by atomic mass is 10.1. The lowest BCUT2D eigenvalue weighted by molar-refractivity contribution is 0.192. The highest BCUT2D eigenvalue weighted by Crippen LogP contribution is 2.15. The van der Waals surface area contributed by atoms with Crippen LogP contribution in [0.25, 0.3) is 0 Å². The van der Waals surface area contributed by atoms with Crippen LogP contribution >= 0.6 is 12.2 Å². The van der Waals surface area contributed by atoms with Gasteiger partial charge in [0.15, 0.2) is 0 Å². The molecule has 0 fully saturated rings. The topological polar surface area (TPSA) is 48.1 Å². The molecule has 2 N–H and O–H groups in total. The summed E-state index contributed by atoms with van der Waals surface area (Å²) in [4.78, 5) is 4.43. The fraction of sp³-hybridized carbons (Fsp3) is 0.500. The van der Waals surface area contributed by atoms with Gasteiger partial charge in [0.1, 0.15) is 10.7 Å². The van der Waals surface area contributed by atoms with E-state index in [1.807, 2.05) is 6.07 Å². The van der Waals surface area contributed by atoms with Gasteiger partial charge in [0.25, 0.3) is 0 Å². The Labute approximate surface area is 102 Å². The number of thiocarbonyl (C=S) groups is 1. The molecule has 0 aromatic carbocycles. The molecule has 4 heteroatoms.